The zero-order valence-electron chi connectivity index (χ0n) is 11.5. The van der Waals surface area contributed by atoms with E-state index < -0.39 is 0 Å². The third-order valence-electron chi connectivity index (χ3n) is 2.95. The van der Waals surface area contributed by atoms with Crippen molar-refractivity contribution in [3.63, 3.8) is 0 Å². The number of nitrogens with one attached hydrogen (secondary N) is 1. The molecule has 6 heteroatoms. The summed E-state index contributed by atoms with van der Waals surface area (Å²) in [5.41, 5.74) is 0. The van der Waals surface area contributed by atoms with Crippen LogP contribution >= 0.6 is 11.3 Å². The predicted octanol–water partition coefficient (Wildman–Crippen LogP) is 1.98. The molecule has 0 aliphatic rings. The molecule has 2 heterocycles. The number of rotatable bonds is 8. The Bertz CT molecular complexity index is 461. The van der Waals surface area contributed by atoms with Crippen molar-refractivity contribution in [2.75, 3.05) is 24.5 Å². The minimum absolute atomic E-state index is 0.875. The Labute approximate surface area is 118 Å². The maximum atomic E-state index is 4.47. The lowest BCUT2D eigenvalue weighted by molar-refractivity contribution is 0.556. The second-order valence-electron chi connectivity index (χ2n) is 4.23. The summed E-state index contributed by atoms with van der Waals surface area (Å²) in [6, 6.07) is 1.94. The number of anilines is 1. The van der Waals surface area contributed by atoms with Crippen molar-refractivity contribution in [3.05, 3.63) is 29.5 Å². The fraction of sp³-hybridized carbons (Fsp3) is 0.538. The molecule has 0 unspecified atom stereocenters. The van der Waals surface area contributed by atoms with Crippen LogP contribution in [0.1, 0.15) is 18.7 Å². The molecule has 19 heavy (non-hydrogen) atoms. The van der Waals surface area contributed by atoms with Crippen LogP contribution in [0.2, 0.25) is 0 Å². The lowest BCUT2D eigenvalue weighted by Gasteiger charge is -2.16. The van der Waals surface area contributed by atoms with E-state index in [0.29, 0.717) is 0 Å². The van der Waals surface area contributed by atoms with Crippen molar-refractivity contribution in [3.8, 4) is 0 Å². The summed E-state index contributed by atoms with van der Waals surface area (Å²) in [7, 11) is 0. The Morgan fingerprint density at radius 1 is 1.37 bits per heavy atom. The maximum absolute atomic E-state index is 4.47. The molecule has 104 valence electrons. The van der Waals surface area contributed by atoms with Crippen molar-refractivity contribution in [1.29, 1.82) is 0 Å². The molecule has 5 nitrogen and oxygen atoms in total. The number of hydrogen-bond acceptors (Lipinski definition) is 5. The smallest absolute Gasteiger partial charge is 0.185 e. The molecule has 2 aromatic rings. The van der Waals surface area contributed by atoms with Crippen molar-refractivity contribution in [2.45, 2.75) is 26.9 Å². The van der Waals surface area contributed by atoms with Crippen LogP contribution in [0.15, 0.2) is 24.7 Å². The number of nitrogens with zero attached hydrogens (tertiary/aromatic N) is 4. The van der Waals surface area contributed by atoms with Crippen molar-refractivity contribution in [2.24, 2.45) is 0 Å². The summed E-state index contributed by atoms with van der Waals surface area (Å²) >= 11 is 1.77. The van der Waals surface area contributed by atoms with E-state index in [9.17, 15) is 0 Å². The van der Waals surface area contributed by atoms with Crippen molar-refractivity contribution >= 4 is 16.5 Å². The van der Waals surface area contributed by atoms with Gasteiger partial charge in [-0.1, -0.05) is 0 Å². The van der Waals surface area contributed by atoms with Gasteiger partial charge in [0.05, 0.1) is 6.54 Å². The lowest BCUT2D eigenvalue weighted by atomic mass is 10.5. The first-order valence-corrected chi connectivity index (χ1v) is 7.53. The summed E-state index contributed by atoms with van der Waals surface area (Å²) in [5, 5.41) is 8.71. The van der Waals surface area contributed by atoms with Crippen LogP contribution in [-0.2, 0) is 13.1 Å². The molecule has 0 bridgehead atoms. The Balaban J connectivity index is 1.74. The third kappa shape index (κ3) is 4.04. The van der Waals surface area contributed by atoms with Gasteiger partial charge in [0.1, 0.15) is 0 Å². The molecule has 0 aromatic carbocycles. The van der Waals surface area contributed by atoms with Gasteiger partial charge in [0, 0.05) is 49.6 Å². The standard InChI is InChI=1S/C13H21N5S/c1-3-17(4-2)13-15-11-12(19-13)10-14-7-9-18-8-5-6-16-18/h5-6,8,11,14H,3-4,7,9-10H2,1-2H3. The van der Waals surface area contributed by atoms with E-state index in [1.165, 1.54) is 4.88 Å². The van der Waals surface area contributed by atoms with Gasteiger partial charge in [0.25, 0.3) is 0 Å². The summed E-state index contributed by atoms with van der Waals surface area (Å²) in [5.74, 6) is 0. The van der Waals surface area contributed by atoms with E-state index in [-0.39, 0.29) is 0 Å². The first kappa shape index (κ1) is 14.0. The predicted molar refractivity (Wildman–Crippen MR) is 79.6 cm³/mol. The van der Waals surface area contributed by atoms with Crippen LogP contribution in [-0.4, -0.2) is 34.4 Å². The fourth-order valence-electron chi connectivity index (χ4n) is 1.86. The molecule has 1 N–H and O–H groups in total. The zero-order chi connectivity index (χ0) is 13.5. The minimum Gasteiger partial charge on any atom is -0.349 e. The lowest BCUT2D eigenvalue weighted by Crippen LogP contribution is -2.21. The van der Waals surface area contributed by atoms with Gasteiger partial charge in [0.15, 0.2) is 5.13 Å². The summed E-state index contributed by atoms with van der Waals surface area (Å²) < 4.78 is 1.93. The van der Waals surface area contributed by atoms with Crippen molar-refractivity contribution < 1.29 is 0 Å². The van der Waals surface area contributed by atoms with Crippen LogP contribution in [0.5, 0.6) is 0 Å². The monoisotopic (exact) mass is 279 g/mol. The molecule has 2 rings (SSSR count). The van der Waals surface area contributed by atoms with E-state index in [2.05, 4.69) is 34.1 Å². The average molecular weight is 279 g/mol. The molecule has 0 atom stereocenters. The third-order valence-corrected chi connectivity index (χ3v) is 4.01. The van der Waals surface area contributed by atoms with Gasteiger partial charge in [-0.15, -0.1) is 11.3 Å². The molecular formula is C13H21N5S. The van der Waals surface area contributed by atoms with E-state index in [1.54, 1.807) is 17.5 Å². The maximum Gasteiger partial charge on any atom is 0.185 e. The molecule has 0 fully saturated rings. The highest BCUT2D eigenvalue weighted by atomic mass is 32.1. The molecule has 0 spiro atoms. The minimum atomic E-state index is 0.875. The molecule has 2 aromatic heterocycles. The number of aromatic nitrogens is 3. The molecule has 0 saturated heterocycles. The fourth-order valence-corrected chi connectivity index (χ4v) is 2.86. The summed E-state index contributed by atoms with van der Waals surface area (Å²) in [4.78, 5) is 8.03. The average Bonchev–Trinajstić information content (AvgIpc) is 3.08. The number of thiazole rings is 1. The second-order valence-corrected chi connectivity index (χ2v) is 5.32. The first-order valence-electron chi connectivity index (χ1n) is 6.71. The molecule has 0 amide bonds. The Morgan fingerprint density at radius 2 is 2.21 bits per heavy atom. The van der Waals surface area contributed by atoms with Crippen LogP contribution in [0.4, 0.5) is 5.13 Å². The highest BCUT2D eigenvalue weighted by Crippen LogP contribution is 2.21. The summed E-state index contributed by atoms with van der Waals surface area (Å²) in [6.45, 7) is 9.03. The Morgan fingerprint density at radius 3 is 2.89 bits per heavy atom. The molecule has 0 aliphatic heterocycles. The summed E-state index contributed by atoms with van der Waals surface area (Å²) in [6.07, 6.45) is 5.76. The second kappa shape index (κ2) is 7.25. The SMILES string of the molecule is CCN(CC)c1ncc(CNCCn2cccn2)s1. The first-order chi connectivity index (χ1) is 9.33. The van der Waals surface area contributed by atoms with Crippen LogP contribution in [0, 0.1) is 0 Å². The van der Waals surface area contributed by atoms with Crippen molar-refractivity contribution in [1.82, 2.24) is 20.1 Å². The Kier molecular flexibility index (Phi) is 5.35. The van der Waals surface area contributed by atoms with E-state index in [1.807, 2.05) is 23.1 Å². The molecular weight excluding hydrogens is 258 g/mol. The highest BCUT2D eigenvalue weighted by molar-refractivity contribution is 7.15. The molecule has 0 radical (unpaired) electrons. The van der Waals surface area contributed by atoms with Gasteiger partial charge in [0.2, 0.25) is 0 Å². The Hall–Kier alpha value is -1.40. The topological polar surface area (TPSA) is 46.0 Å². The quantitative estimate of drug-likeness (QED) is 0.751. The van der Waals surface area contributed by atoms with Crippen LogP contribution in [0.3, 0.4) is 0 Å². The van der Waals surface area contributed by atoms with Gasteiger partial charge in [-0.2, -0.15) is 5.10 Å². The van der Waals surface area contributed by atoms with E-state index >= 15 is 0 Å². The van der Waals surface area contributed by atoms with Gasteiger partial charge >= 0.3 is 0 Å². The highest BCUT2D eigenvalue weighted by Gasteiger charge is 2.07. The van der Waals surface area contributed by atoms with E-state index in [4.69, 9.17) is 0 Å². The normalized spacial score (nSPS) is 10.8. The molecule has 0 aliphatic carbocycles. The van der Waals surface area contributed by atoms with Gasteiger partial charge in [-0.3, -0.25) is 4.68 Å². The van der Waals surface area contributed by atoms with Crippen LogP contribution in [0.25, 0.3) is 0 Å². The zero-order valence-corrected chi connectivity index (χ0v) is 12.4. The van der Waals surface area contributed by atoms with Gasteiger partial charge in [-0.25, -0.2) is 4.98 Å². The largest absolute Gasteiger partial charge is 0.349 e. The van der Waals surface area contributed by atoms with Gasteiger partial charge < -0.3 is 10.2 Å². The van der Waals surface area contributed by atoms with Crippen LogP contribution < -0.4 is 10.2 Å². The number of hydrogen-bond donors (Lipinski definition) is 1. The van der Waals surface area contributed by atoms with Gasteiger partial charge in [-0.05, 0) is 19.9 Å². The van der Waals surface area contributed by atoms with E-state index in [0.717, 1.165) is 37.9 Å². The molecule has 0 saturated carbocycles.